The number of aliphatic imine (C=N–C) groups is 2. The van der Waals surface area contributed by atoms with Crippen LogP contribution in [0.5, 0.6) is 5.75 Å². The Labute approximate surface area is 377 Å². The fraction of sp³-hybridized carbons (Fsp3) is 0.383. The normalized spacial score (nSPS) is 17.8. The third kappa shape index (κ3) is 11.1. The van der Waals surface area contributed by atoms with E-state index < -0.39 is 69.7 Å². The zero-order valence-corrected chi connectivity index (χ0v) is 37.9. The molecule has 2 heterocycles. The number of benzene rings is 4. The molecule has 0 bridgehead atoms. The van der Waals surface area contributed by atoms with Crippen LogP contribution in [0.4, 0.5) is 4.79 Å². The number of amides is 2. The molecule has 2 aliphatic heterocycles. The van der Waals surface area contributed by atoms with Crippen LogP contribution in [0, 0.1) is 20.8 Å². The van der Waals surface area contributed by atoms with Gasteiger partial charge in [0.2, 0.25) is 23.3 Å². The Hall–Kier alpha value is -6.82. The van der Waals surface area contributed by atoms with E-state index in [1.54, 1.807) is 26.8 Å². The standard InChI is InChI=1S/C47H54N6O11S/c1-29-25-38(61-4)30(2)31(3)41(29)65(59,60)52-45(48)49-23-12-22-47(39(54)20-21-40(55)62-5)44(57)64-42(51-47)37-17-11-24-53(37)43(56)36(50-46(58)63-28-32-13-7-6-8-14-32)27-33-18-19-34-15-9-10-16-35(34)26-33/h6-10,13-16,18-19,25-26,36-37H,11-12,17,20-24,27-28H2,1-5H3,(H,50,58)(H3,48,49,52)/t36-,37+,47?/m1/s1. The van der Waals surface area contributed by atoms with Crippen LogP contribution in [0.1, 0.15) is 66.3 Å². The number of methoxy groups -OCH3 is 2. The second-order valence-electron chi connectivity index (χ2n) is 16.0. The summed E-state index contributed by atoms with van der Waals surface area (Å²) in [5, 5.41) is 4.71. The van der Waals surface area contributed by atoms with Gasteiger partial charge >= 0.3 is 18.0 Å². The molecule has 4 aromatic rings. The molecule has 1 unspecified atom stereocenters. The first-order valence-electron chi connectivity index (χ1n) is 21.2. The van der Waals surface area contributed by atoms with Gasteiger partial charge in [-0.2, -0.15) is 0 Å². The summed E-state index contributed by atoms with van der Waals surface area (Å²) in [4.78, 5) is 78.1. The number of nitrogens with two attached hydrogens (primary N) is 1. The van der Waals surface area contributed by atoms with Crippen molar-refractivity contribution in [1.82, 2.24) is 14.9 Å². The van der Waals surface area contributed by atoms with Gasteiger partial charge in [0.15, 0.2) is 5.78 Å². The highest BCUT2D eigenvalue weighted by atomic mass is 32.2. The second kappa shape index (κ2) is 20.8. The molecule has 0 radical (unpaired) electrons. The first-order valence-corrected chi connectivity index (χ1v) is 22.7. The largest absolute Gasteiger partial charge is 0.496 e. The Morgan fingerprint density at radius 3 is 2.40 bits per heavy atom. The van der Waals surface area contributed by atoms with Gasteiger partial charge in [-0.25, -0.2) is 27.7 Å². The van der Waals surface area contributed by atoms with Crippen molar-refractivity contribution in [3.8, 4) is 5.75 Å². The number of hydrogen-bond donors (Lipinski definition) is 3. The molecule has 65 heavy (non-hydrogen) atoms. The van der Waals surface area contributed by atoms with Crippen molar-refractivity contribution in [2.45, 2.75) is 94.8 Å². The number of fused-ring (bicyclic) bond motifs is 1. The molecule has 0 aromatic heterocycles. The molecular formula is C47H54N6O11S. The Balaban J connectivity index is 1.22. The summed E-state index contributed by atoms with van der Waals surface area (Å²) in [6, 6.07) is 22.3. The molecule has 0 saturated carbocycles. The Bertz CT molecular complexity index is 2640. The Morgan fingerprint density at radius 2 is 1.68 bits per heavy atom. The summed E-state index contributed by atoms with van der Waals surface area (Å²) in [6.45, 7) is 5.11. The van der Waals surface area contributed by atoms with Gasteiger partial charge in [-0.15, -0.1) is 0 Å². The monoisotopic (exact) mass is 910 g/mol. The Morgan fingerprint density at radius 1 is 0.954 bits per heavy atom. The van der Waals surface area contributed by atoms with E-state index in [9.17, 15) is 32.4 Å². The van der Waals surface area contributed by atoms with Gasteiger partial charge in [0.1, 0.15) is 24.4 Å². The molecule has 3 atom stereocenters. The number of sulfonamides is 1. The van der Waals surface area contributed by atoms with Gasteiger partial charge < -0.3 is 34.9 Å². The maximum Gasteiger partial charge on any atom is 0.408 e. The molecule has 344 valence electrons. The molecule has 4 N–H and O–H groups in total. The number of carbonyl (C=O) groups is 5. The van der Waals surface area contributed by atoms with Crippen molar-refractivity contribution in [3.05, 3.63) is 107 Å². The lowest BCUT2D eigenvalue weighted by Crippen LogP contribution is -2.52. The third-order valence-corrected chi connectivity index (χ3v) is 13.3. The average Bonchev–Trinajstić information content (AvgIpc) is 3.92. The number of nitrogens with one attached hydrogen (secondary N) is 2. The molecule has 17 nitrogen and oxygen atoms in total. The number of ether oxygens (including phenoxy) is 4. The summed E-state index contributed by atoms with van der Waals surface area (Å²) in [6.07, 6.45) is -0.838. The smallest absolute Gasteiger partial charge is 0.408 e. The highest BCUT2D eigenvalue weighted by Gasteiger charge is 2.54. The number of guanidine groups is 1. The highest BCUT2D eigenvalue weighted by molar-refractivity contribution is 7.90. The van der Waals surface area contributed by atoms with Crippen LogP contribution in [-0.4, -0.2) is 99.8 Å². The molecule has 0 spiro atoms. The molecule has 18 heteroatoms. The van der Waals surface area contributed by atoms with Gasteiger partial charge in [-0.05, 0) is 91.1 Å². The molecule has 6 rings (SSSR count). The van der Waals surface area contributed by atoms with Crippen LogP contribution in [0.25, 0.3) is 10.8 Å². The number of ketones is 1. The predicted octanol–water partition coefficient (Wildman–Crippen LogP) is 4.89. The van der Waals surface area contributed by atoms with Crippen LogP contribution in [0.3, 0.4) is 0 Å². The lowest BCUT2D eigenvalue weighted by molar-refractivity contribution is -0.147. The zero-order chi connectivity index (χ0) is 46.9. The number of nitrogens with zero attached hydrogens (tertiary/aromatic N) is 3. The zero-order valence-electron chi connectivity index (χ0n) is 37.0. The van der Waals surface area contributed by atoms with Crippen LogP contribution in [0.2, 0.25) is 0 Å². The number of cyclic esters (lactones) is 1. The summed E-state index contributed by atoms with van der Waals surface area (Å²) >= 11 is 0. The van der Waals surface area contributed by atoms with E-state index in [-0.39, 0.29) is 56.2 Å². The van der Waals surface area contributed by atoms with Gasteiger partial charge in [-0.1, -0.05) is 72.8 Å². The molecule has 4 aromatic carbocycles. The summed E-state index contributed by atoms with van der Waals surface area (Å²) in [5.41, 5.74) is 7.03. The summed E-state index contributed by atoms with van der Waals surface area (Å²) in [5.74, 6) is -2.89. The number of rotatable bonds is 18. The number of carbonyl (C=O) groups excluding carboxylic acids is 5. The minimum absolute atomic E-state index is 0.00806. The lowest BCUT2D eigenvalue weighted by Gasteiger charge is -2.28. The van der Waals surface area contributed by atoms with Crippen molar-refractivity contribution < 1.29 is 51.3 Å². The van der Waals surface area contributed by atoms with Gasteiger partial charge in [0.05, 0.1) is 25.5 Å². The Kier molecular flexibility index (Phi) is 15.2. The van der Waals surface area contributed by atoms with Crippen molar-refractivity contribution >= 4 is 62.4 Å². The molecule has 2 amide bonds. The topological polar surface area (TPSA) is 234 Å². The summed E-state index contributed by atoms with van der Waals surface area (Å²) < 4.78 is 50.5. The maximum absolute atomic E-state index is 14.6. The van der Waals surface area contributed by atoms with Gasteiger partial charge in [0.25, 0.3) is 10.0 Å². The highest BCUT2D eigenvalue weighted by Crippen LogP contribution is 2.34. The maximum atomic E-state index is 14.6. The quantitative estimate of drug-likeness (QED) is 0.0302. The van der Waals surface area contributed by atoms with E-state index >= 15 is 0 Å². The van der Waals surface area contributed by atoms with Crippen molar-refractivity contribution in [1.29, 1.82) is 0 Å². The van der Waals surface area contributed by atoms with Crippen molar-refractivity contribution in [2.24, 2.45) is 15.7 Å². The van der Waals surface area contributed by atoms with E-state index in [0.717, 1.165) is 21.9 Å². The molecule has 0 aliphatic carbocycles. The number of hydrogen-bond acceptors (Lipinski definition) is 13. The van der Waals surface area contributed by atoms with Crippen LogP contribution >= 0.6 is 0 Å². The molecule has 1 saturated heterocycles. The van der Waals surface area contributed by atoms with E-state index in [4.69, 9.17) is 24.7 Å². The fourth-order valence-corrected chi connectivity index (χ4v) is 9.66. The van der Waals surface area contributed by atoms with Crippen molar-refractivity contribution in [3.63, 3.8) is 0 Å². The van der Waals surface area contributed by atoms with Crippen LogP contribution < -0.4 is 20.5 Å². The van der Waals surface area contributed by atoms with Gasteiger partial charge in [0, 0.05) is 25.9 Å². The van der Waals surface area contributed by atoms with Crippen LogP contribution in [0.15, 0.2) is 93.7 Å². The minimum Gasteiger partial charge on any atom is -0.496 e. The van der Waals surface area contributed by atoms with Gasteiger partial charge in [-0.3, -0.25) is 19.4 Å². The molecule has 1 fully saturated rings. The first kappa shape index (κ1) is 47.7. The number of alkyl carbamates (subject to hydrolysis) is 1. The lowest BCUT2D eigenvalue weighted by atomic mass is 9.87. The average molecular weight is 911 g/mol. The van der Waals surface area contributed by atoms with E-state index in [2.05, 4.69) is 20.0 Å². The molecule has 2 aliphatic rings. The number of likely N-dealkylation sites (tertiary alicyclic amines) is 1. The SMILES string of the molecule is COC(=O)CCC(=O)C1(CCCN=C(N)NS(=O)(=O)c2c(C)cc(OC)c(C)c2C)N=C([C@@H]2CCCN2C(=O)[C@@H](Cc2ccc3ccccc3c2)NC(=O)OCc2ccccc2)OC1=O. The third-order valence-electron chi connectivity index (χ3n) is 11.6. The first-order chi connectivity index (χ1) is 31.1. The van der Waals surface area contributed by atoms with Crippen molar-refractivity contribution in [2.75, 3.05) is 27.3 Å². The van der Waals surface area contributed by atoms with E-state index in [0.29, 0.717) is 35.3 Å². The van der Waals surface area contributed by atoms with E-state index in [1.807, 2.05) is 72.8 Å². The number of Topliss-reactive ketones (excluding diaryl/α,β-unsaturated/α-hetero) is 1. The fourth-order valence-electron chi connectivity index (χ4n) is 8.17. The summed E-state index contributed by atoms with van der Waals surface area (Å²) in [7, 11) is -1.50. The second-order valence-corrected chi connectivity index (χ2v) is 17.6. The van der Waals surface area contributed by atoms with Crippen LogP contribution in [-0.2, 0) is 56.4 Å². The minimum atomic E-state index is -4.17. The molecular weight excluding hydrogens is 857 g/mol. The number of aryl methyl sites for hydroxylation is 1. The van der Waals surface area contributed by atoms with E-state index in [1.165, 1.54) is 19.1 Å². The number of esters is 2. The predicted molar refractivity (Wildman–Crippen MR) is 242 cm³/mol.